The summed E-state index contributed by atoms with van der Waals surface area (Å²) in [5.74, 6) is 0. The van der Waals surface area contributed by atoms with Crippen LogP contribution in [0.3, 0.4) is 0 Å². The predicted molar refractivity (Wildman–Crippen MR) is 83.6 cm³/mol. The van der Waals surface area contributed by atoms with Gasteiger partial charge in [-0.1, -0.05) is 85.0 Å². The number of hydrogen-bond donors (Lipinski definition) is 0. The van der Waals surface area contributed by atoms with Gasteiger partial charge in [0.25, 0.3) is 0 Å². The van der Waals surface area contributed by atoms with Gasteiger partial charge < -0.3 is 0 Å². The van der Waals surface area contributed by atoms with Crippen LogP contribution in [0.15, 0.2) is 90.7 Å². The van der Waals surface area contributed by atoms with E-state index < -0.39 is 0 Å². The van der Waals surface area contributed by atoms with Crippen molar-refractivity contribution < 1.29 is 0 Å². The van der Waals surface area contributed by atoms with Crippen molar-refractivity contribution in [3.8, 4) is 0 Å². The van der Waals surface area contributed by atoms with Gasteiger partial charge in [-0.15, -0.1) is 5.73 Å². The van der Waals surface area contributed by atoms with Crippen LogP contribution in [0.4, 0.5) is 0 Å². The summed E-state index contributed by atoms with van der Waals surface area (Å²) in [6.45, 7) is 0. The lowest BCUT2D eigenvalue weighted by Crippen LogP contribution is -1.66. The smallest absolute Gasteiger partial charge is 0.0200 e. The number of allylic oxidation sites excluding steroid dienone is 3. The maximum Gasteiger partial charge on any atom is -0.0200 e. The molecule has 0 fully saturated rings. The van der Waals surface area contributed by atoms with Crippen molar-refractivity contribution in [2.45, 2.75) is 0 Å². The highest BCUT2D eigenvalue weighted by molar-refractivity contribution is 5.51. The molecule has 2 aromatic rings. The van der Waals surface area contributed by atoms with Gasteiger partial charge in [-0.3, -0.25) is 0 Å². The van der Waals surface area contributed by atoms with Crippen LogP contribution in [0.1, 0.15) is 11.1 Å². The summed E-state index contributed by atoms with van der Waals surface area (Å²) in [5, 5.41) is 0. The molecule has 0 N–H and O–H groups in total. The van der Waals surface area contributed by atoms with Crippen molar-refractivity contribution in [1.82, 2.24) is 0 Å². The lowest BCUT2D eigenvalue weighted by atomic mass is 10.2. The van der Waals surface area contributed by atoms with E-state index in [1.165, 1.54) is 11.1 Å². The standard InChI is InChI=1S/C19H16/c1(2-6-12-18-14-8-4-9-15-18)3-7-13-19-16-10-5-11-17-19/h2-17H. The number of hydrogen-bond acceptors (Lipinski definition) is 0. The monoisotopic (exact) mass is 244 g/mol. The van der Waals surface area contributed by atoms with E-state index in [4.69, 9.17) is 0 Å². The molecule has 0 unspecified atom stereocenters. The molecule has 0 atom stereocenters. The largest absolute Gasteiger partial charge is 0.121 e. The fourth-order valence-corrected chi connectivity index (χ4v) is 1.61. The normalized spacial score (nSPS) is 10.5. The molecule has 0 spiro atoms. The van der Waals surface area contributed by atoms with E-state index in [9.17, 15) is 0 Å². The average molecular weight is 244 g/mol. The minimum absolute atomic E-state index is 1.19. The van der Waals surface area contributed by atoms with Crippen LogP contribution >= 0.6 is 0 Å². The van der Waals surface area contributed by atoms with Gasteiger partial charge in [0.05, 0.1) is 0 Å². The summed E-state index contributed by atoms with van der Waals surface area (Å²) in [6.07, 6.45) is 11.9. The van der Waals surface area contributed by atoms with Gasteiger partial charge in [0.1, 0.15) is 0 Å². The molecular weight excluding hydrogens is 228 g/mol. The molecule has 19 heavy (non-hydrogen) atoms. The Morgan fingerprint density at radius 1 is 0.579 bits per heavy atom. The molecule has 0 aromatic heterocycles. The van der Waals surface area contributed by atoms with Crippen LogP contribution in [0.2, 0.25) is 0 Å². The highest BCUT2D eigenvalue weighted by atomic mass is 13.9. The first-order valence-electron chi connectivity index (χ1n) is 6.31. The van der Waals surface area contributed by atoms with Crippen molar-refractivity contribution in [1.29, 1.82) is 0 Å². The Morgan fingerprint density at radius 3 is 1.42 bits per heavy atom. The SMILES string of the molecule is C(=CC=Cc1ccccc1)=CC=Cc1ccccc1. The van der Waals surface area contributed by atoms with Gasteiger partial charge in [0.2, 0.25) is 0 Å². The van der Waals surface area contributed by atoms with Gasteiger partial charge in [-0.25, -0.2) is 0 Å². The second kappa shape index (κ2) is 7.71. The first-order chi connectivity index (χ1) is 9.45. The molecule has 2 rings (SSSR count). The zero-order chi connectivity index (χ0) is 13.2. The van der Waals surface area contributed by atoms with Gasteiger partial charge in [0.15, 0.2) is 0 Å². The Kier molecular flexibility index (Phi) is 5.23. The van der Waals surface area contributed by atoms with Gasteiger partial charge in [0, 0.05) is 0 Å². The van der Waals surface area contributed by atoms with Crippen LogP contribution < -0.4 is 0 Å². The second-order valence-corrected chi connectivity index (χ2v) is 4.04. The van der Waals surface area contributed by atoms with E-state index in [1.807, 2.05) is 60.7 Å². The summed E-state index contributed by atoms with van der Waals surface area (Å²) < 4.78 is 0. The van der Waals surface area contributed by atoms with Gasteiger partial charge in [-0.05, 0) is 23.3 Å². The first-order valence-corrected chi connectivity index (χ1v) is 6.31. The number of rotatable bonds is 4. The van der Waals surface area contributed by atoms with Crippen LogP contribution in [0.5, 0.6) is 0 Å². The fraction of sp³-hybridized carbons (Fsp3) is 0. The lowest BCUT2D eigenvalue weighted by molar-refractivity contribution is 1.66. The Balaban J connectivity index is 1.87. The Morgan fingerprint density at radius 2 is 1.00 bits per heavy atom. The summed E-state index contributed by atoms with van der Waals surface area (Å²) in [6, 6.07) is 20.4. The molecule has 0 amide bonds. The fourth-order valence-electron chi connectivity index (χ4n) is 1.61. The number of benzene rings is 2. The molecule has 2 aromatic carbocycles. The van der Waals surface area contributed by atoms with Crippen LogP contribution in [-0.4, -0.2) is 0 Å². The molecule has 0 aliphatic heterocycles. The van der Waals surface area contributed by atoms with Crippen molar-refractivity contribution in [3.63, 3.8) is 0 Å². The lowest BCUT2D eigenvalue weighted by Gasteiger charge is -1.88. The molecular formula is C19H16. The summed E-state index contributed by atoms with van der Waals surface area (Å²) >= 11 is 0. The maximum atomic E-state index is 3.10. The van der Waals surface area contributed by atoms with Crippen LogP contribution in [-0.2, 0) is 0 Å². The maximum absolute atomic E-state index is 3.10. The van der Waals surface area contributed by atoms with Gasteiger partial charge >= 0.3 is 0 Å². The molecule has 0 bridgehead atoms. The third-order valence-corrected chi connectivity index (χ3v) is 2.56. The van der Waals surface area contributed by atoms with Gasteiger partial charge in [-0.2, -0.15) is 0 Å². The molecule has 92 valence electrons. The van der Waals surface area contributed by atoms with Crippen LogP contribution in [0, 0.1) is 0 Å². The highest BCUT2D eigenvalue weighted by Crippen LogP contribution is 2.01. The Hall–Kier alpha value is -2.56. The topological polar surface area (TPSA) is 0 Å². The minimum Gasteiger partial charge on any atom is -0.121 e. The van der Waals surface area contributed by atoms with E-state index in [-0.39, 0.29) is 0 Å². The molecule has 0 aliphatic rings. The van der Waals surface area contributed by atoms with E-state index >= 15 is 0 Å². The summed E-state index contributed by atoms with van der Waals surface area (Å²) in [4.78, 5) is 0. The summed E-state index contributed by atoms with van der Waals surface area (Å²) in [7, 11) is 0. The van der Waals surface area contributed by atoms with E-state index in [0.717, 1.165) is 0 Å². The van der Waals surface area contributed by atoms with E-state index in [1.54, 1.807) is 0 Å². The minimum atomic E-state index is 1.19. The molecule has 0 saturated heterocycles. The first kappa shape index (κ1) is 12.9. The van der Waals surface area contributed by atoms with Crippen molar-refractivity contribution in [2.75, 3.05) is 0 Å². The average Bonchev–Trinajstić information content (AvgIpc) is 2.48. The molecule has 0 heteroatoms. The quantitative estimate of drug-likeness (QED) is 0.517. The molecule has 0 heterocycles. The zero-order valence-corrected chi connectivity index (χ0v) is 10.7. The Bertz CT molecular complexity index is 542. The van der Waals surface area contributed by atoms with Crippen molar-refractivity contribution in [3.05, 3.63) is 102 Å². The third kappa shape index (κ3) is 5.08. The predicted octanol–water partition coefficient (Wildman–Crippen LogP) is 5.12. The third-order valence-electron chi connectivity index (χ3n) is 2.56. The molecule has 0 saturated carbocycles. The highest BCUT2D eigenvalue weighted by Gasteiger charge is 1.80. The van der Waals surface area contributed by atoms with Crippen molar-refractivity contribution in [2.24, 2.45) is 0 Å². The molecule has 0 aliphatic carbocycles. The second-order valence-electron chi connectivity index (χ2n) is 4.04. The van der Waals surface area contributed by atoms with Crippen LogP contribution in [0.25, 0.3) is 12.2 Å². The summed E-state index contributed by atoms with van der Waals surface area (Å²) in [5.41, 5.74) is 5.49. The molecule has 0 radical (unpaired) electrons. The van der Waals surface area contributed by atoms with Crippen molar-refractivity contribution >= 4 is 12.2 Å². The van der Waals surface area contributed by atoms with E-state index in [0.29, 0.717) is 0 Å². The molecule has 0 nitrogen and oxygen atoms in total. The Labute approximate surface area is 114 Å². The van der Waals surface area contributed by atoms with E-state index in [2.05, 4.69) is 42.1 Å². The zero-order valence-electron chi connectivity index (χ0n) is 10.7.